The maximum atomic E-state index is 11.5. The number of amides is 1. The van der Waals surface area contributed by atoms with Gasteiger partial charge >= 0.3 is 0 Å². The van der Waals surface area contributed by atoms with Crippen molar-refractivity contribution in [3.05, 3.63) is 65.5 Å². The van der Waals surface area contributed by atoms with Gasteiger partial charge in [-0.05, 0) is 60.4 Å². The molecule has 3 heterocycles. The van der Waals surface area contributed by atoms with Crippen LogP contribution in [0.2, 0.25) is 0 Å². The largest absolute Gasteiger partial charge is 0.480 e. The number of carbonyl (C=O) groups is 1. The molecule has 4 aromatic rings. The van der Waals surface area contributed by atoms with E-state index >= 15 is 0 Å². The Bertz CT molecular complexity index is 1350. The molecule has 5 rings (SSSR count). The van der Waals surface area contributed by atoms with Crippen molar-refractivity contribution >= 4 is 28.3 Å². The molecule has 0 spiro atoms. The number of anilines is 2. The number of methoxy groups -OCH3 is 1. The molecular weight excluding hydrogens is 416 g/mol. The molecule has 8 nitrogen and oxygen atoms in total. The smallest absolute Gasteiger partial charge is 0.233 e. The Morgan fingerprint density at radius 1 is 1.06 bits per heavy atom. The predicted octanol–water partition coefficient (Wildman–Crippen LogP) is 3.92. The summed E-state index contributed by atoms with van der Waals surface area (Å²) in [5, 5.41) is 12.3. The fourth-order valence-corrected chi connectivity index (χ4v) is 4.33. The molecule has 8 heteroatoms. The number of aromatic nitrogens is 4. The second-order valence-electron chi connectivity index (χ2n) is 8.18. The standard InChI is InChI=1S/C25H24N6O2/c1-15-10-18(22-6-7-23(33-3)30-29-22)12-21-24(15)26-14-27-25(21)31-9-8-17-4-5-20(28-16(2)32)11-19(17)13-31/h4-7,10-12,14H,8-9,13H2,1-3H3,(H,28,32). The van der Waals surface area contributed by atoms with Crippen LogP contribution in [0.4, 0.5) is 11.5 Å². The lowest BCUT2D eigenvalue weighted by molar-refractivity contribution is -0.114. The summed E-state index contributed by atoms with van der Waals surface area (Å²) in [6.07, 6.45) is 2.53. The number of benzene rings is 2. The second kappa shape index (κ2) is 8.46. The van der Waals surface area contributed by atoms with E-state index in [1.54, 1.807) is 19.5 Å². The van der Waals surface area contributed by atoms with Crippen molar-refractivity contribution in [1.29, 1.82) is 0 Å². The summed E-state index contributed by atoms with van der Waals surface area (Å²) in [6, 6.07) is 14.0. The maximum Gasteiger partial charge on any atom is 0.233 e. The molecule has 0 radical (unpaired) electrons. The molecule has 33 heavy (non-hydrogen) atoms. The molecule has 0 fully saturated rings. The lowest BCUT2D eigenvalue weighted by Gasteiger charge is -2.31. The van der Waals surface area contributed by atoms with Gasteiger partial charge in [0.05, 0.1) is 18.3 Å². The molecule has 1 aliphatic heterocycles. The number of rotatable bonds is 4. The SMILES string of the molecule is COc1ccc(-c2cc(C)c3ncnc(N4CCc5ccc(NC(C)=O)cc5C4)c3c2)nn1. The lowest BCUT2D eigenvalue weighted by atomic mass is 9.98. The van der Waals surface area contributed by atoms with Crippen LogP contribution in [-0.2, 0) is 17.8 Å². The van der Waals surface area contributed by atoms with Gasteiger partial charge in [0.15, 0.2) is 0 Å². The van der Waals surface area contributed by atoms with Crippen molar-refractivity contribution in [3.8, 4) is 17.1 Å². The van der Waals surface area contributed by atoms with E-state index < -0.39 is 0 Å². The fraction of sp³-hybridized carbons (Fsp3) is 0.240. The van der Waals surface area contributed by atoms with Crippen molar-refractivity contribution in [2.45, 2.75) is 26.8 Å². The van der Waals surface area contributed by atoms with Gasteiger partial charge in [-0.15, -0.1) is 10.2 Å². The van der Waals surface area contributed by atoms with E-state index in [1.165, 1.54) is 18.1 Å². The topological polar surface area (TPSA) is 93.1 Å². The number of nitrogens with one attached hydrogen (secondary N) is 1. The Morgan fingerprint density at radius 2 is 1.94 bits per heavy atom. The number of hydrogen-bond donors (Lipinski definition) is 1. The minimum Gasteiger partial charge on any atom is -0.480 e. The van der Waals surface area contributed by atoms with E-state index in [-0.39, 0.29) is 5.91 Å². The molecule has 2 aromatic heterocycles. The van der Waals surface area contributed by atoms with E-state index in [2.05, 4.69) is 54.6 Å². The first-order chi connectivity index (χ1) is 16.0. The quantitative estimate of drug-likeness (QED) is 0.514. The van der Waals surface area contributed by atoms with Crippen LogP contribution in [0, 0.1) is 6.92 Å². The van der Waals surface area contributed by atoms with E-state index in [9.17, 15) is 4.79 Å². The van der Waals surface area contributed by atoms with Crippen LogP contribution in [0.1, 0.15) is 23.6 Å². The first kappa shape index (κ1) is 20.8. The number of fused-ring (bicyclic) bond motifs is 2. The van der Waals surface area contributed by atoms with Crippen LogP contribution in [-0.4, -0.2) is 39.7 Å². The molecule has 0 saturated heterocycles. The van der Waals surface area contributed by atoms with E-state index in [4.69, 9.17) is 4.74 Å². The summed E-state index contributed by atoms with van der Waals surface area (Å²) in [6.45, 7) is 5.13. The molecule has 0 saturated carbocycles. The molecule has 0 bridgehead atoms. The van der Waals surface area contributed by atoms with Gasteiger partial charge in [-0.2, -0.15) is 0 Å². The molecule has 1 N–H and O–H groups in total. The third kappa shape index (κ3) is 4.07. The van der Waals surface area contributed by atoms with Gasteiger partial charge < -0.3 is 15.0 Å². The fourth-order valence-electron chi connectivity index (χ4n) is 4.33. The van der Waals surface area contributed by atoms with E-state index in [0.717, 1.165) is 52.2 Å². The van der Waals surface area contributed by atoms with Crippen LogP contribution < -0.4 is 15.0 Å². The molecular formula is C25H24N6O2. The Kier molecular flexibility index (Phi) is 5.34. The normalized spacial score (nSPS) is 13.0. The van der Waals surface area contributed by atoms with Crippen molar-refractivity contribution in [3.63, 3.8) is 0 Å². The zero-order valence-electron chi connectivity index (χ0n) is 18.8. The number of hydrogen-bond acceptors (Lipinski definition) is 7. The first-order valence-electron chi connectivity index (χ1n) is 10.8. The highest BCUT2D eigenvalue weighted by atomic mass is 16.5. The van der Waals surface area contributed by atoms with Crippen molar-refractivity contribution in [2.24, 2.45) is 0 Å². The summed E-state index contributed by atoms with van der Waals surface area (Å²) < 4.78 is 5.13. The first-order valence-corrected chi connectivity index (χ1v) is 10.8. The van der Waals surface area contributed by atoms with Crippen molar-refractivity contribution < 1.29 is 9.53 Å². The van der Waals surface area contributed by atoms with Crippen LogP contribution in [0.3, 0.4) is 0 Å². The zero-order chi connectivity index (χ0) is 22.9. The Labute approximate surface area is 191 Å². The number of aryl methyl sites for hydroxylation is 1. The second-order valence-corrected chi connectivity index (χ2v) is 8.18. The average Bonchev–Trinajstić information content (AvgIpc) is 2.83. The van der Waals surface area contributed by atoms with E-state index in [0.29, 0.717) is 12.4 Å². The monoisotopic (exact) mass is 440 g/mol. The van der Waals surface area contributed by atoms with Gasteiger partial charge in [0.2, 0.25) is 11.8 Å². The average molecular weight is 441 g/mol. The van der Waals surface area contributed by atoms with Crippen LogP contribution in [0.15, 0.2) is 48.8 Å². The van der Waals surface area contributed by atoms with E-state index in [1.807, 2.05) is 19.1 Å². The molecule has 0 unspecified atom stereocenters. The molecule has 0 atom stereocenters. The number of ether oxygens (including phenoxy) is 1. The third-order valence-electron chi connectivity index (χ3n) is 5.89. The maximum absolute atomic E-state index is 11.5. The molecule has 166 valence electrons. The number of nitrogens with zero attached hydrogens (tertiary/aromatic N) is 5. The highest BCUT2D eigenvalue weighted by Gasteiger charge is 2.21. The molecule has 1 aliphatic rings. The Hall–Kier alpha value is -4.07. The number of carbonyl (C=O) groups excluding carboxylic acids is 1. The zero-order valence-corrected chi connectivity index (χ0v) is 18.8. The van der Waals surface area contributed by atoms with Crippen LogP contribution in [0.25, 0.3) is 22.2 Å². The summed E-state index contributed by atoms with van der Waals surface area (Å²) in [5.41, 5.74) is 6.98. The third-order valence-corrected chi connectivity index (χ3v) is 5.89. The molecule has 0 aliphatic carbocycles. The highest BCUT2D eigenvalue weighted by molar-refractivity contribution is 5.95. The predicted molar refractivity (Wildman–Crippen MR) is 127 cm³/mol. The minimum atomic E-state index is -0.0750. The van der Waals surface area contributed by atoms with Gasteiger partial charge in [0.1, 0.15) is 12.1 Å². The minimum absolute atomic E-state index is 0.0750. The van der Waals surface area contributed by atoms with Crippen LogP contribution >= 0.6 is 0 Å². The van der Waals surface area contributed by atoms with Crippen molar-refractivity contribution in [1.82, 2.24) is 20.2 Å². The van der Waals surface area contributed by atoms with Gasteiger partial charge in [-0.1, -0.05) is 6.07 Å². The lowest BCUT2D eigenvalue weighted by Crippen LogP contribution is -2.31. The molecule has 1 amide bonds. The summed E-state index contributed by atoms with van der Waals surface area (Å²) >= 11 is 0. The van der Waals surface area contributed by atoms with Crippen molar-refractivity contribution in [2.75, 3.05) is 23.9 Å². The Balaban J connectivity index is 1.54. The Morgan fingerprint density at radius 3 is 2.70 bits per heavy atom. The van der Waals surface area contributed by atoms with Gasteiger partial charge in [-0.25, -0.2) is 9.97 Å². The van der Waals surface area contributed by atoms with Gasteiger partial charge in [-0.3, -0.25) is 4.79 Å². The molecule has 2 aromatic carbocycles. The van der Waals surface area contributed by atoms with Gasteiger partial charge in [0.25, 0.3) is 0 Å². The van der Waals surface area contributed by atoms with Gasteiger partial charge in [0, 0.05) is 42.7 Å². The highest BCUT2D eigenvalue weighted by Crippen LogP contribution is 2.33. The van der Waals surface area contributed by atoms with Crippen LogP contribution in [0.5, 0.6) is 5.88 Å². The summed E-state index contributed by atoms with van der Waals surface area (Å²) in [7, 11) is 1.57. The summed E-state index contributed by atoms with van der Waals surface area (Å²) in [4.78, 5) is 23.0. The summed E-state index contributed by atoms with van der Waals surface area (Å²) in [5.74, 6) is 1.29.